The number of carbonyl (C=O) groups is 2. The fraction of sp³-hybridized carbons (Fsp3) is 0.514. The first kappa shape index (κ1) is 31.3. The van der Waals surface area contributed by atoms with Crippen molar-refractivity contribution in [1.29, 1.82) is 0 Å². The van der Waals surface area contributed by atoms with E-state index in [0.29, 0.717) is 0 Å². The van der Waals surface area contributed by atoms with E-state index in [1.807, 2.05) is 24.3 Å². The number of carboxylic acid groups (broad SMARTS) is 1. The van der Waals surface area contributed by atoms with E-state index in [1.54, 1.807) is 0 Å². The summed E-state index contributed by atoms with van der Waals surface area (Å²) < 4.78 is 10.0. The number of hydrogen-bond acceptors (Lipinski definition) is 3. The van der Waals surface area contributed by atoms with Crippen molar-refractivity contribution in [2.24, 2.45) is 0 Å². The molecular weight excluding hydrogens is 526 g/mol. The maximum absolute atomic E-state index is 12.9. The molecule has 0 saturated heterocycles. The average molecular weight is 575 g/mol. The summed E-state index contributed by atoms with van der Waals surface area (Å²) in [5, 5.41) is 12.7. The third-order valence-corrected chi connectivity index (χ3v) is 8.34. The van der Waals surface area contributed by atoms with Gasteiger partial charge < -0.3 is 15.2 Å². The van der Waals surface area contributed by atoms with Gasteiger partial charge in [-0.15, -0.1) is 0 Å². The number of benzene rings is 2. The number of imidazole rings is 1. The third-order valence-electron chi connectivity index (χ3n) is 8.34. The van der Waals surface area contributed by atoms with Crippen molar-refractivity contribution in [3.8, 4) is 11.1 Å². The van der Waals surface area contributed by atoms with Crippen LogP contribution in [0.15, 0.2) is 61.1 Å². The smallest absolute Gasteiger partial charge is 0.407 e. The second kappa shape index (κ2) is 16.1. The fourth-order valence-corrected chi connectivity index (χ4v) is 6.02. The first-order valence-electron chi connectivity index (χ1n) is 15.9. The van der Waals surface area contributed by atoms with E-state index < -0.39 is 18.1 Å². The highest BCUT2D eigenvalue weighted by Crippen LogP contribution is 2.44. The first-order valence-corrected chi connectivity index (χ1v) is 15.9. The SMILES string of the molecule is CCCCCCCn1c[n+](CCCCCCC)cc1C[C@H](NC(=O)OCC1c2ccccc2-c2ccccc21)C(=O)O. The lowest BCUT2D eigenvalue weighted by atomic mass is 9.98. The van der Waals surface area contributed by atoms with Gasteiger partial charge in [0.1, 0.15) is 24.5 Å². The molecule has 0 aliphatic heterocycles. The maximum Gasteiger partial charge on any atom is 0.407 e. The number of unbranched alkanes of at least 4 members (excludes halogenated alkanes) is 8. The Morgan fingerprint density at radius 1 is 0.881 bits per heavy atom. The van der Waals surface area contributed by atoms with Crippen molar-refractivity contribution in [1.82, 2.24) is 9.88 Å². The standard InChI is InChI=1S/C35H47N3O4/c1-3-5-7-9-15-21-37-24-27(38(26-37)22-16-10-8-6-4-2)23-33(34(39)40)36-35(41)42-25-32-30-19-13-11-17-28(30)29-18-12-14-20-31(29)32/h11-14,17-20,24,26,32-33H,3-10,15-16,21-23,25H2,1-2H3,(H-,36,39,40,41)/p+1/t33-/m0/s1. The van der Waals surface area contributed by atoms with Gasteiger partial charge in [-0.2, -0.15) is 0 Å². The summed E-state index contributed by atoms with van der Waals surface area (Å²) in [4.78, 5) is 25.2. The summed E-state index contributed by atoms with van der Waals surface area (Å²) in [6, 6.07) is 15.3. The molecular formula is C35H48N3O4+. The van der Waals surface area contributed by atoms with Gasteiger partial charge in [-0.05, 0) is 47.9 Å². The number of alkyl carbamates (subject to hydrolysis) is 1. The lowest BCUT2D eigenvalue weighted by Gasteiger charge is -2.17. The monoisotopic (exact) mass is 574 g/mol. The molecule has 0 unspecified atom stereocenters. The molecule has 0 radical (unpaired) electrons. The molecule has 2 aromatic carbocycles. The average Bonchev–Trinajstić information content (AvgIpc) is 3.53. The molecule has 226 valence electrons. The Kier molecular flexibility index (Phi) is 12.0. The fourth-order valence-electron chi connectivity index (χ4n) is 6.02. The summed E-state index contributed by atoms with van der Waals surface area (Å²) in [6.45, 7) is 6.34. The van der Waals surface area contributed by atoms with Crippen LogP contribution in [-0.4, -0.2) is 34.4 Å². The van der Waals surface area contributed by atoms with E-state index >= 15 is 0 Å². The zero-order valence-corrected chi connectivity index (χ0v) is 25.4. The number of carbonyl (C=O) groups excluding carboxylic acids is 1. The Labute approximate surface area is 250 Å². The summed E-state index contributed by atoms with van der Waals surface area (Å²) in [5.41, 5.74) is 5.47. The number of aromatic nitrogens is 2. The topological polar surface area (TPSA) is 84.4 Å². The number of fused-ring (bicyclic) bond motifs is 3. The minimum Gasteiger partial charge on any atom is -0.480 e. The maximum atomic E-state index is 12.9. The molecule has 0 saturated carbocycles. The number of hydrogen-bond donors (Lipinski definition) is 2. The van der Waals surface area contributed by atoms with E-state index in [-0.39, 0.29) is 18.9 Å². The highest BCUT2D eigenvalue weighted by molar-refractivity contribution is 5.81. The molecule has 2 N–H and O–H groups in total. The van der Waals surface area contributed by atoms with E-state index in [1.165, 1.54) is 44.9 Å². The van der Waals surface area contributed by atoms with Gasteiger partial charge in [0.05, 0.1) is 13.1 Å². The molecule has 1 heterocycles. The second-order valence-corrected chi connectivity index (χ2v) is 11.6. The molecule has 0 bridgehead atoms. The first-order chi connectivity index (χ1) is 20.5. The normalized spacial score (nSPS) is 13.0. The number of carboxylic acids is 1. The van der Waals surface area contributed by atoms with Crippen LogP contribution in [-0.2, 0) is 29.0 Å². The summed E-state index contributed by atoms with van der Waals surface area (Å²) in [5.74, 6) is -1.14. The number of nitrogens with one attached hydrogen (secondary N) is 1. The van der Waals surface area contributed by atoms with Crippen molar-refractivity contribution in [2.75, 3.05) is 6.61 Å². The molecule has 0 spiro atoms. The van der Waals surface area contributed by atoms with Crippen molar-refractivity contribution in [2.45, 2.75) is 110 Å². The predicted octanol–water partition coefficient (Wildman–Crippen LogP) is 7.25. The van der Waals surface area contributed by atoms with Gasteiger partial charge in [-0.3, -0.25) is 0 Å². The Morgan fingerprint density at radius 3 is 2.10 bits per heavy atom. The van der Waals surface area contributed by atoms with E-state index in [9.17, 15) is 14.7 Å². The van der Waals surface area contributed by atoms with Crippen LogP contribution in [0.4, 0.5) is 4.79 Å². The number of nitrogens with zero attached hydrogens (tertiary/aromatic N) is 2. The Balaban J connectivity index is 1.38. The Morgan fingerprint density at radius 2 is 1.48 bits per heavy atom. The lowest BCUT2D eigenvalue weighted by Crippen LogP contribution is -2.43. The third kappa shape index (κ3) is 8.46. The predicted molar refractivity (Wildman–Crippen MR) is 165 cm³/mol. The quantitative estimate of drug-likeness (QED) is 0.124. The largest absolute Gasteiger partial charge is 0.480 e. The minimum atomic E-state index is -1.08. The van der Waals surface area contributed by atoms with E-state index in [0.717, 1.165) is 60.3 Å². The summed E-state index contributed by atoms with van der Waals surface area (Å²) >= 11 is 0. The van der Waals surface area contributed by atoms with Crippen LogP contribution in [0.2, 0.25) is 0 Å². The van der Waals surface area contributed by atoms with Crippen molar-refractivity contribution in [3.05, 3.63) is 77.9 Å². The molecule has 3 aromatic rings. The van der Waals surface area contributed by atoms with Gasteiger partial charge in [0.25, 0.3) is 0 Å². The van der Waals surface area contributed by atoms with Gasteiger partial charge in [0.15, 0.2) is 0 Å². The minimum absolute atomic E-state index is 0.0762. The van der Waals surface area contributed by atoms with E-state index in [4.69, 9.17) is 4.74 Å². The van der Waals surface area contributed by atoms with Crippen LogP contribution in [0.1, 0.15) is 101 Å². The van der Waals surface area contributed by atoms with Crippen LogP contribution >= 0.6 is 0 Å². The number of aliphatic carboxylic acids is 1. The van der Waals surface area contributed by atoms with Crippen LogP contribution in [0.3, 0.4) is 0 Å². The number of ether oxygens (including phenoxy) is 1. The van der Waals surface area contributed by atoms with Gasteiger partial charge >= 0.3 is 12.1 Å². The molecule has 1 atom stereocenters. The van der Waals surface area contributed by atoms with Gasteiger partial charge in [0, 0.05) is 12.3 Å². The molecule has 1 aliphatic rings. The lowest BCUT2D eigenvalue weighted by molar-refractivity contribution is -0.697. The van der Waals surface area contributed by atoms with Gasteiger partial charge in [0.2, 0.25) is 6.33 Å². The highest BCUT2D eigenvalue weighted by Gasteiger charge is 2.30. The summed E-state index contributed by atoms with van der Waals surface area (Å²) in [7, 11) is 0. The molecule has 7 nitrogen and oxygen atoms in total. The zero-order chi connectivity index (χ0) is 29.7. The Bertz CT molecular complexity index is 1260. The van der Waals surface area contributed by atoms with Gasteiger partial charge in [-0.1, -0.05) is 101 Å². The molecule has 7 heteroatoms. The second-order valence-electron chi connectivity index (χ2n) is 11.6. The van der Waals surface area contributed by atoms with Gasteiger partial charge in [-0.25, -0.2) is 18.7 Å². The highest BCUT2D eigenvalue weighted by atomic mass is 16.5. The number of aryl methyl sites for hydroxylation is 2. The van der Waals surface area contributed by atoms with Crippen LogP contribution in [0.25, 0.3) is 11.1 Å². The molecule has 1 aromatic heterocycles. The van der Waals surface area contributed by atoms with Crippen molar-refractivity contribution in [3.63, 3.8) is 0 Å². The van der Waals surface area contributed by atoms with Crippen molar-refractivity contribution < 1.29 is 24.0 Å². The number of rotatable bonds is 18. The van der Waals surface area contributed by atoms with Crippen molar-refractivity contribution >= 4 is 12.1 Å². The molecule has 0 fully saturated rings. The molecule has 4 rings (SSSR count). The van der Waals surface area contributed by atoms with Crippen LogP contribution in [0, 0.1) is 0 Å². The number of amides is 1. The molecule has 42 heavy (non-hydrogen) atoms. The Hall–Kier alpha value is -3.61. The zero-order valence-electron chi connectivity index (χ0n) is 25.4. The van der Waals surface area contributed by atoms with Crippen LogP contribution in [0.5, 0.6) is 0 Å². The molecule has 1 aliphatic carbocycles. The van der Waals surface area contributed by atoms with E-state index in [2.05, 4.69) is 65.1 Å². The van der Waals surface area contributed by atoms with Crippen LogP contribution < -0.4 is 9.88 Å². The summed E-state index contributed by atoms with van der Waals surface area (Å²) in [6.07, 6.45) is 15.6. The molecule has 1 amide bonds.